The van der Waals surface area contributed by atoms with Gasteiger partial charge < -0.3 is 5.32 Å². The van der Waals surface area contributed by atoms with Crippen molar-refractivity contribution in [2.24, 2.45) is 0 Å². The van der Waals surface area contributed by atoms with Crippen molar-refractivity contribution in [1.82, 2.24) is 20.0 Å². The number of benzene rings is 1. The fourth-order valence-corrected chi connectivity index (χ4v) is 3.36. The number of hydrogen-bond donors (Lipinski definition) is 1. The average Bonchev–Trinajstić information content (AvgIpc) is 2.77. The fraction of sp³-hybridized carbons (Fsp3) is 0.526. The first kappa shape index (κ1) is 19.0. The summed E-state index contributed by atoms with van der Waals surface area (Å²) in [6.07, 6.45) is 0. The Kier molecular flexibility index (Phi) is 6.44. The molecular formula is C19H29ClN4. The Morgan fingerprint density at radius 3 is 2.50 bits per heavy atom. The van der Waals surface area contributed by atoms with E-state index in [1.165, 1.54) is 28.1 Å². The Bertz CT molecular complexity index is 663. The molecule has 1 aliphatic rings. The lowest BCUT2D eigenvalue weighted by atomic mass is 10.1. The zero-order chi connectivity index (χ0) is 16.4. The van der Waals surface area contributed by atoms with Crippen LogP contribution in [-0.4, -0.2) is 40.4 Å². The highest BCUT2D eigenvalue weighted by Gasteiger charge is 2.19. The molecule has 5 heteroatoms. The molecule has 0 bridgehead atoms. The molecule has 24 heavy (non-hydrogen) atoms. The van der Waals surface area contributed by atoms with E-state index in [0.29, 0.717) is 6.04 Å². The topological polar surface area (TPSA) is 33.1 Å². The van der Waals surface area contributed by atoms with Crippen LogP contribution in [0.25, 0.3) is 0 Å². The normalized spacial score (nSPS) is 18.4. The van der Waals surface area contributed by atoms with Gasteiger partial charge in [0.1, 0.15) is 0 Å². The van der Waals surface area contributed by atoms with Crippen LogP contribution < -0.4 is 5.32 Å². The Morgan fingerprint density at radius 1 is 1.12 bits per heavy atom. The van der Waals surface area contributed by atoms with Crippen LogP contribution in [0.4, 0.5) is 0 Å². The molecule has 2 heterocycles. The number of piperazine rings is 1. The maximum absolute atomic E-state index is 4.79. The predicted molar refractivity (Wildman–Crippen MR) is 102 cm³/mol. The van der Waals surface area contributed by atoms with Gasteiger partial charge in [0.25, 0.3) is 0 Å². The standard InChI is InChI=1S/C19H28N4.ClH/c1-14-5-7-18(8-6-14)12-23-17(4)19(16(3)21-23)13-22-10-9-20-15(2)11-22;/h5-8,15,20H,9-13H2,1-4H3;1H. The highest BCUT2D eigenvalue weighted by Crippen LogP contribution is 2.18. The van der Waals surface area contributed by atoms with Gasteiger partial charge in [0.05, 0.1) is 12.2 Å². The van der Waals surface area contributed by atoms with Gasteiger partial charge in [0.15, 0.2) is 0 Å². The Labute approximate surface area is 151 Å². The van der Waals surface area contributed by atoms with E-state index in [9.17, 15) is 0 Å². The van der Waals surface area contributed by atoms with Crippen molar-refractivity contribution in [2.45, 2.75) is 46.8 Å². The summed E-state index contributed by atoms with van der Waals surface area (Å²) >= 11 is 0. The Morgan fingerprint density at radius 2 is 1.83 bits per heavy atom. The van der Waals surface area contributed by atoms with Crippen molar-refractivity contribution in [3.63, 3.8) is 0 Å². The maximum atomic E-state index is 4.79. The minimum absolute atomic E-state index is 0. The summed E-state index contributed by atoms with van der Waals surface area (Å²) < 4.78 is 2.15. The van der Waals surface area contributed by atoms with Gasteiger partial charge in [-0.3, -0.25) is 9.58 Å². The number of nitrogens with one attached hydrogen (secondary N) is 1. The first-order chi connectivity index (χ1) is 11.0. The van der Waals surface area contributed by atoms with E-state index in [-0.39, 0.29) is 12.4 Å². The molecule has 1 atom stereocenters. The Balaban J connectivity index is 0.00000208. The monoisotopic (exact) mass is 348 g/mol. The molecule has 0 amide bonds. The first-order valence-corrected chi connectivity index (χ1v) is 8.57. The molecule has 0 radical (unpaired) electrons. The molecule has 1 aromatic heterocycles. The van der Waals surface area contributed by atoms with Crippen LogP contribution in [0, 0.1) is 20.8 Å². The Hall–Kier alpha value is -1.36. The van der Waals surface area contributed by atoms with Crippen molar-refractivity contribution >= 4 is 12.4 Å². The van der Waals surface area contributed by atoms with Gasteiger partial charge in [-0.1, -0.05) is 29.8 Å². The minimum atomic E-state index is 0. The molecule has 1 N–H and O–H groups in total. The van der Waals surface area contributed by atoms with Crippen molar-refractivity contribution in [2.75, 3.05) is 19.6 Å². The highest BCUT2D eigenvalue weighted by molar-refractivity contribution is 5.85. The number of rotatable bonds is 4. The molecule has 0 saturated carbocycles. The van der Waals surface area contributed by atoms with Gasteiger partial charge in [0.2, 0.25) is 0 Å². The number of aromatic nitrogens is 2. The third kappa shape index (κ3) is 4.38. The third-order valence-electron chi connectivity index (χ3n) is 4.82. The van der Waals surface area contributed by atoms with Gasteiger partial charge in [-0.05, 0) is 33.3 Å². The summed E-state index contributed by atoms with van der Waals surface area (Å²) in [7, 11) is 0. The molecule has 4 nitrogen and oxygen atoms in total. The second kappa shape index (κ2) is 8.15. The zero-order valence-corrected chi connectivity index (χ0v) is 16.0. The quantitative estimate of drug-likeness (QED) is 0.921. The molecule has 1 aliphatic heterocycles. The summed E-state index contributed by atoms with van der Waals surface area (Å²) in [6, 6.07) is 9.31. The SMILES string of the molecule is Cc1ccc(Cn2nc(C)c(CN3CCNC(C)C3)c2C)cc1.Cl. The van der Waals surface area contributed by atoms with Crippen LogP contribution in [-0.2, 0) is 13.1 Å². The first-order valence-electron chi connectivity index (χ1n) is 8.57. The molecule has 0 aliphatic carbocycles. The van der Waals surface area contributed by atoms with Gasteiger partial charge in [0, 0.05) is 43.5 Å². The van der Waals surface area contributed by atoms with Crippen molar-refractivity contribution in [1.29, 1.82) is 0 Å². The molecule has 0 spiro atoms. The number of nitrogens with zero attached hydrogens (tertiary/aromatic N) is 3. The summed E-state index contributed by atoms with van der Waals surface area (Å²) in [5.41, 5.74) is 6.47. The van der Waals surface area contributed by atoms with E-state index in [2.05, 4.69) is 66.9 Å². The third-order valence-corrected chi connectivity index (χ3v) is 4.82. The van der Waals surface area contributed by atoms with Gasteiger partial charge in [-0.25, -0.2) is 0 Å². The molecule has 132 valence electrons. The summed E-state index contributed by atoms with van der Waals surface area (Å²) in [4.78, 5) is 2.54. The fourth-order valence-electron chi connectivity index (χ4n) is 3.36. The molecule has 1 aromatic carbocycles. The average molecular weight is 349 g/mol. The predicted octanol–water partition coefficient (Wildman–Crippen LogP) is 3.07. The molecule has 3 rings (SSSR count). The molecule has 1 unspecified atom stereocenters. The number of halogens is 1. The van der Waals surface area contributed by atoms with E-state index in [0.717, 1.165) is 32.7 Å². The van der Waals surface area contributed by atoms with Crippen molar-refractivity contribution in [3.8, 4) is 0 Å². The number of hydrogen-bond acceptors (Lipinski definition) is 3. The second-order valence-corrected chi connectivity index (χ2v) is 6.88. The summed E-state index contributed by atoms with van der Waals surface area (Å²) in [5.74, 6) is 0. The lowest BCUT2D eigenvalue weighted by Gasteiger charge is -2.31. The van der Waals surface area contributed by atoms with Crippen LogP contribution in [0.15, 0.2) is 24.3 Å². The van der Waals surface area contributed by atoms with Crippen molar-refractivity contribution < 1.29 is 0 Å². The lowest BCUT2D eigenvalue weighted by molar-refractivity contribution is 0.199. The largest absolute Gasteiger partial charge is 0.312 e. The molecule has 1 fully saturated rings. The van der Waals surface area contributed by atoms with Crippen LogP contribution in [0.3, 0.4) is 0 Å². The van der Waals surface area contributed by atoms with E-state index in [4.69, 9.17) is 5.10 Å². The molecule has 2 aromatic rings. The van der Waals surface area contributed by atoms with Crippen LogP contribution in [0.1, 0.15) is 35.0 Å². The number of aryl methyl sites for hydroxylation is 2. The smallest absolute Gasteiger partial charge is 0.0662 e. The van der Waals surface area contributed by atoms with E-state index in [1.54, 1.807) is 0 Å². The lowest BCUT2D eigenvalue weighted by Crippen LogP contribution is -2.48. The van der Waals surface area contributed by atoms with E-state index >= 15 is 0 Å². The van der Waals surface area contributed by atoms with E-state index in [1.807, 2.05) is 0 Å². The van der Waals surface area contributed by atoms with Gasteiger partial charge in [-0.2, -0.15) is 5.10 Å². The molecule has 1 saturated heterocycles. The molecular weight excluding hydrogens is 320 g/mol. The second-order valence-electron chi connectivity index (χ2n) is 6.88. The highest BCUT2D eigenvalue weighted by atomic mass is 35.5. The minimum Gasteiger partial charge on any atom is -0.312 e. The van der Waals surface area contributed by atoms with Crippen molar-refractivity contribution in [3.05, 3.63) is 52.3 Å². The van der Waals surface area contributed by atoms with E-state index < -0.39 is 0 Å². The van der Waals surface area contributed by atoms with Crippen LogP contribution >= 0.6 is 12.4 Å². The van der Waals surface area contributed by atoms with Gasteiger partial charge >= 0.3 is 0 Å². The van der Waals surface area contributed by atoms with Crippen LogP contribution in [0.2, 0.25) is 0 Å². The van der Waals surface area contributed by atoms with Crippen LogP contribution in [0.5, 0.6) is 0 Å². The summed E-state index contributed by atoms with van der Waals surface area (Å²) in [5, 5.41) is 8.29. The maximum Gasteiger partial charge on any atom is 0.0662 e. The van der Waals surface area contributed by atoms with Gasteiger partial charge in [-0.15, -0.1) is 12.4 Å². The summed E-state index contributed by atoms with van der Waals surface area (Å²) in [6.45, 7) is 13.9. The zero-order valence-electron chi connectivity index (χ0n) is 15.2.